The van der Waals surface area contributed by atoms with Gasteiger partial charge in [-0.3, -0.25) is 4.79 Å². The lowest BCUT2D eigenvalue weighted by Crippen LogP contribution is -2.13. The van der Waals surface area contributed by atoms with Gasteiger partial charge < -0.3 is 20.9 Å². The molecule has 0 unspecified atom stereocenters. The lowest BCUT2D eigenvalue weighted by molar-refractivity contribution is 0.102. The number of hydrogen-bond donors (Lipinski definition) is 2. The monoisotopic (exact) mass is 568 g/mol. The molecule has 1 amide bonds. The number of nitrogen functional groups attached to an aromatic ring is 1. The van der Waals surface area contributed by atoms with E-state index in [0.717, 1.165) is 41.2 Å². The fraction of sp³-hybridized carbons (Fsp3) is 0.184. The molecule has 5 aromatic rings. The summed E-state index contributed by atoms with van der Waals surface area (Å²) in [5.74, 6) is -0.137. The number of nitrogens with one attached hydrogen (secondary N) is 1. The topological polar surface area (TPSA) is 61.6 Å². The van der Waals surface area contributed by atoms with Crippen LogP contribution in [-0.2, 0) is 12.8 Å². The lowest BCUT2D eigenvalue weighted by atomic mass is 9.84. The van der Waals surface area contributed by atoms with Gasteiger partial charge in [-0.1, -0.05) is 60.7 Å². The maximum absolute atomic E-state index is 13.4. The number of aryl methyl sites for hydroxylation is 2. The number of amides is 1. The summed E-state index contributed by atoms with van der Waals surface area (Å²) in [6.45, 7) is 0. The molecular weight excluding hydrogens is 528 g/mol. The molecular formula is C38H40N4O. The molecule has 0 heterocycles. The summed E-state index contributed by atoms with van der Waals surface area (Å²) in [5.41, 5.74) is 16.2. The van der Waals surface area contributed by atoms with Gasteiger partial charge in [-0.15, -0.1) is 0 Å². The average molecular weight is 569 g/mol. The summed E-state index contributed by atoms with van der Waals surface area (Å²) >= 11 is 0. The SMILES string of the molecule is CN(C)c1ccc(C(c2ccc(N(C)C)cc2)c2cccc(C(=O)Nc3ccc(CCc4ccc(N)cc4)cc3)c2)cc1. The third kappa shape index (κ3) is 7.44. The number of rotatable bonds is 10. The summed E-state index contributed by atoms with van der Waals surface area (Å²) in [4.78, 5) is 17.6. The Morgan fingerprint density at radius 3 is 1.60 bits per heavy atom. The fourth-order valence-electron chi connectivity index (χ4n) is 5.30. The largest absolute Gasteiger partial charge is 0.399 e. The van der Waals surface area contributed by atoms with Crippen molar-refractivity contribution < 1.29 is 4.79 Å². The molecule has 43 heavy (non-hydrogen) atoms. The van der Waals surface area contributed by atoms with Crippen molar-refractivity contribution in [3.05, 3.63) is 155 Å². The second-order valence-corrected chi connectivity index (χ2v) is 11.4. The van der Waals surface area contributed by atoms with E-state index in [1.807, 2.05) is 70.7 Å². The van der Waals surface area contributed by atoms with Crippen LogP contribution in [0.2, 0.25) is 0 Å². The minimum Gasteiger partial charge on any atom is -0.399 e. The van der Waals surface area contributed by atoms with E-state index in [9.17, 15) is 4.79 Å². The van der Waals surface area contributed by atoms with Crippen LogP contribution in [0.4, 0.5) is 22.7 Å². The standard InChI is InChI=1S/C38H40N4O/c1-41(2)35-22-14-29(15-23-35)37(30-16-24-36(25-17-30)42(3)4)31-6-5-7-32(26-31)38(43)40-34-20-12-28(13-21-34)9-8-27-10-18-33(39)19-11-27/h5-7,10-26,37H,8-9,39H2,1-4H3,(H,40,43). The predicted octanol–water partition coefficient (Wildman–Crippen LogP) is 7.62. The van der Waals surface area contributed by atoms with E-state index in [2.05, 4.69) is 94.0 Å². The zero-order valence-electron chi connectivity index (χ0n) is 25.4. The van der Waals surface area contributed by atoms with Gasteiger partial charge in [-0.05, 0) is 101 Å². The lowest BCUT2D eigenvalue weighted by Gasteiger charge is -2.22. The Kier molecular flexibility index (Phi) is 9.11. The highest BCUT2D eigenvalue weighted by atomic mass is 16.1. The van der Waals surface area contributed by atoms with Gasteiger partial charge in [0.2, 0.25) is 0 Å². The van der Waals surface area contributed by atoms with Gasteiger partial charge in [-0.2, -0.15) is 0 Å². The smallest absolute Gasteiger partial charge is 0.255 e. The second-order valence-electron chi connectivity index (χ2n) is 11.4. The summed E-state index contributed by atoms with van der Waals surface area (Å²) in [5, 5.41) is 3.09. The quantitative estimate of drug-likeness (QED) is 0.134. The Morgan fingerprint density at radius 2 is 1.12 bits per heavy atom. The third-order valence-electron chi connectivity index (χ3n) is 7.86. The Balaban J connectivity index is 1.34. The summed E-state index contributed by atoms with van der Waals surface area (Å²) in [6, 6.07) is 41.4. The molecule has 0 aliphatic rings. The highest BCUT2D eigenvalue weighted by Crippen LogP contribution is 2.34. The molecule has 0 spiro atoms. The van der Waals surface area contributed by atoms with Crippen molar-refractivity contribution in [3.63, 3.8) is 0 Å². The van der Waals surface area contributed by atoms with Crippen molar-refractivity contribution in [2.24, 2.45) is 0 Å². The van der Waals surface area contributed by atoms with Crippen molar-refractivity contribution in [1.29, 1.82) is 0 Å². The molecule has 0 fully saturated rings. The van der Waals surface area contributed by atoms with Gasteiger partial charge >= 0.3 is 0 Å². The van der Waals surface area contributed by atoms with Gasteiger partial charge in [0.25, 0.3) is 5.91 Å². The number of nitrogens with zero attached hydrogens (tertiary/aromatic N) is 2. The molecule has 0 atom stereocenters. The van der Waals surface area contributed by atoms with E-state index in [4.69, 9.17) is 5.73 Å². The normalized spacial score (nSPS) is 10.9. The molecule has 0 radical (unpaired) electrons. The van der Waals surface area contributed by atoms with E-state index < -0.39 is 0 Å². The maximum atomic E-state index is 13.4. The van der Waals surface area contributed by atoms with Crippen molar-refractivity contribution >= 4 is 28.7 Å². The first-order chi connectivity index (χ1) is 20.8. The molecule has 3 N–H and O–H groups in total. The molecule has 0 aliphatic heterocycles. The average Bonchev–Trinajstić information content (AvgIpc) is 3.02. The number of carbonyl (C=O) groups excluding carboxylic acids is 1. The molecule has 0 aromatic heterocycles. The van der Waals surface area contributed by atoms with Crippen LogP contribution in [0.5, 0.6) is 0 Å². The van der Waals surface area contributed by atoms with Gasteiger partial charge in [0.15, 0.2) is 0 Å². The molecule has 5 nitrogen and oxygen atoms in total. The highest BCUT2D eigenvalue weighted by Gasteiger charge is 2.19. The maximum Gasteiger partial charge on any atom is 0.255 e. The minimum absolute atomic E-state index is 0.0134. The number of benzene rings is 5. The zero-order chi connectivity index (χ0) is 30.3. The summed E-state index contributed by atoms with van der Waals surface area (Å²) in [7, 11) is 8.18. The van der Waals surface area contributed by atoms with Crippen LogP contribution in [0.1, 0.15) is 44.1 Å². The Hall–Kier alpha value is -5.03. The Bertz CT molecular complexity index is 1590. The van der Waals surface area contributed by atoms with Crippen LogP contribution in [-0.4, -0.2) is 34.1 Å². The van der Waals surface area contributed by atoms with Gasteiger partial charge in [-0.25, -0.2) is 0 Å². The Labute approximate surface area is 255 Å². The van der Waals surface area contributed by atoms with Crippen molar-refractivity contribution in [1.82, 2.24) is 0 Å². The molecule has 0 saturated carbocycles. The van der Waals surface area contributed by atoms with Gasteiger partial charge in [0, 0.05) is 62.4 Å². The third-order valence-corrected chi connectivity index (χ3v) is 7.86. The van der Waals surface area contributed by atoms with E-state index in [1.54, 1.807) is 0 Å². The molecule has 0 bridgehead atoms. The van der Waals surface area contributed by atoms with E-state index in [0.29, 0.717) is 5.56 Å². The fourth-order valence-corrected chi connectivity index (χ4v) is 5.30. The van der Waals surface area contributed by atoms with Crippen LogP contribution >= 0.6 is 0 Å². The Morgan fingerprint density at radius 1 is 0.628 bits per heavy atom. The van der Waals surface area contributed by atoms with E-state index in [1.165, 1.54) is 22.3 Å². The number of nitrogens with two attached hydrogens (primary N) is 1. The van der Waals surface area contributed by atoms with Crippen LogP contribution in [0, 0.1) is 0 Å². The van der Waals surface area contributed by atoms with Gasteiger partial charge in [0.1, 0.15) is 0 Å². The van der Waals surface area contributed by atoms with Crippen molar-refractivity contribution in [2.75, 3.05) is 49.0 Å². The van der Waals surface area contributed by atoms with Crippen LogP contribution in [0.15, 0.2) is 121 Å². The zero-order valence-corrected chi connectivity index (χ0v) is 25.4. The molecule has 218 valence electrons. The van der Waals surface area contributed by atoms with Crippen LogP contribution in [0.3, 0.4) is 0 Å². The molecule has 0 saturated heterocycles. The number of hydrogen-bond acceptors (Lipinski definition) is 4. The summed E-state index contributed by atoms with van der Waals surface area (Å²) in [6.07, 6.45) is 1.86. The first kappa shape index (κ1) is 29.5. The van der Waals surface area contributed by atoms with Crippen LogP contribution < -0.4 is 20.9 Å². The van der Waals surface area contributed by atoms with Crippen molar-refractivity contribution in [3.8, 4) is 0 Å². The first-order valence-electron chi connectivity index (χ1n) is 14.7. The molecule has 5 rings (SSSR count). The second kappa shape index (κ2) is 13.3. The molecule has 0 aliphatic carbocycles. The predicted molar refractivity (Wildman–Crippen MR) is 182 cm³/mol. The van der Waals surface area contributed by atoms with Crippen molar-refractivity contribution in [2.45, 2.75) is 18.8 Å². The first-order valence-corrected chi connectivity index (χ1v) is 14.7. The van der Waals surface area contributed by atoms with Gasteiger partial charge in [0.05, 0.1) is 0 Å². The number of anilines is 4. The molecule has 5 heteroatoms. The van der Waals surface area contributed by atoms with E-state index in [-0.39, 0.29) is 11.8 Å². The number of carbonyl (C=O) groups is 1. The molecule has 5 aromatic carbocycles. The van der Waals surface area contributed by atoms with Crippen LogP contribution in [0.25, 0.3) is 0 Å². The summed E-state index contributed by atoms with van der Waals surface area (Å²) < 4.78 is 0. The van der Waals surface area contributed by atoms with E-state index >= 15 is 0 Å². The highest BCUT2D eigenvalue weighted by molar-refractivity contribution is 6.04. The minimum atomic E-state index is -0.124.